The van der Waals surface area contributed by atoms with Crippen LogP contribution in [0.15, 0.2) is 35.3 Å². The summed E-state index contributed by atoms with van der Waals surface area (Å²) in [4.78, 5) is 24.0. The molecule has 1 heterocycles. The van der Waals surface area contributed by atoms with E-state index in [0.717, 1.165) is 24.1 Å². The van der Waals surface area contributed by atoms with Crippen molar-refractivity contribution in [2.75, 3.05) is 7.11 Å². The summed E-state index contributed by atoms with van der Waals surface area (Å²) in [7, 11) is 1.31. The fourth-order valence-electron chi connectivity index (χ4n) is 2.43. The van der Waals surface area contributed by atoms with Gasteiger partial charge in [-0.1, -0.05) is 23.7 Å². The van der Waals surface area contributed by atoms with Crippen LogP contribution in [0, 0.1) is 5.92 Å². The molecule has 0 spiro atoms. The Morgan fingerprint density at radius 3 is 2.59 bits per heavy atom. The van der Waals surface area contributed by atoms with Gasteiger partial charge in [0.05, 0.1) is 12.8 Å². The van der Waals surface area contributed by atoms with Gasteiger partial charge in [0.15, 0.2) is 0 Å². The molecule has 0 N–H and O–H groups in total. The van der Waals surface area contributed by atoms with Crippen LogP contribution in [-0.2, 0) is 22.6 Å². The maximum atomic E-state index is 12.5. The number of nitrogens with zero attached hydrogens (tertiary/aromatic N) is 2. The highest BCUT2D eigenvalue weighted by Gasteiger charge is 2.25. The molecule has 2 aromatic rings. The van der Waals surface area contributed by atoms with E-state index in [1.807, 2.05) is 12.1 Å². The van der Waals surface area contributed by atoms with Crippen molar-refractivity contribution in [2.24, 2.45) is 5.92 Å². The molecular weight excluding hydrogens is 304 g/mol. The van der Waals surface area contributed by atoms with Crippen LogP contribution in [0.1, 0.15) is 12.8 Å². The van der Waals surface area contributed by atoms with Crippen molar-refractivity contribution < 1.29 is 9.53 Å². The maximum absolute atomic E-state index is 12.5. The molecule has 0 radical (unpaired) electrons. The lowest BCUT2D eigenvalue weighted by Crippen LogP contribution is -2.28. The predicted octanol–water partition coefficient (Wildman–Crippen LogP) is 2.55. The van der Waals surface area contributed by atoms with Gasteiger partial charge in [0.1, 0.15) is 6.54 Å². The lowest BCUT2D eigenvalue weighted by molar-refractivity contribution is -0.141. The number of hydrogen-bond donors (Lipinski definition) is 0. The second-order valence-electron chi connectivity index (χ2n) is 5.56. The van der Waals surface area contributed by atoms with Gasteiger partial charge in [0.25, 0.3) is 0 Å². The average Bonchev–Trinajstić information content (AvgIpc) is 3.28. The molecule has 3 rings (SSSR count). The van der Waals surface area contributed by atoms with Gasteiger partial charge in [0.2, 0.25) is 0 Å². The molecule has 0 amide bonds. The van der Waals surface area contributed by atoms with Gasteiger partial charge in [-0.15, -0.1) is 0 Å². The Kier molecular flexibility index (Phi) is 4.07. The summed E-state index contributed by atoms with van der Waals surface area (Å²) in [6, 6.07) is 7.34. The third kappa shape index (κ3) is 3.09. The number of rotatable bonds is 5. The largest absolute Gasteiger partial charge is 0.468 e. The summed E-state index contributed by atoms with van der Waals surface area (Å²) >= 11 is 5.92. The molecule has 0 aliphatic heterocycles. The van der Waals surface area contributed by atoms with Crippen LogP contribution in [0.4, 0.5) is 0 Å². The Hall–Kier alpha value is -2.01. The quantitative estimate of drug-likeness (QED) is 0.796. The van der Waals surface area contributed by atoms with E-state index in [4.69, 9.17) is 11.6 Å². The Morgan fingerprint density at radius 1 is 1.32 bits per heavy atom. The predicted molar refractivity (Wildman–Crippen MR) is 83.9 cm³/mol. The van der Waals surface area contributed by atoms with E-state index in [-0.39, 0.29) is 12.2 Å². The van der Waals surface area contributed by atoms with Crippen molar-refractivity contribution >= 4 is 17.6 Å². The van der Waals surface area contributed by atoms with Gasteiger partial charge in [0, 0.05) is 17.8 Å². The molecule has 1 aliphatic carbocycles. The van der Waals surface area contributed by atoms with Crippen LogP contribution >= 0.6 is 11.6 Å². The van der Waals surface area contributed by atoms with Crippen molar-refractivity contribution in [1.82, 2.24) is 9.13 Å². The molecule has 0 atom stereocenters. The first-order chi connectivity index (χ1) is 10.6. The second-order valence-corrected chi connectivity index (χ2v) is 6.00. The molecule has 22 heavy (non-hydrogen) atoms. The second kappa shape index (κ2) is 6.01. The topological polar surface area (TPSA) is 53.2 Å². The Balaban J connectivity index is 2.02. The Bertz CT molecular complexity index is 742. The molecule has 1 fully saturated rings. The van der Waals surface area contributed by atoms with Gasteiger partial charge in [-0.25, -0.2) is 4.79 Å². The highest BCUT2D eigenvalue weighted by Crippen LogP contribution is 2.32. The minimum Gasteiger partial charge on any atom is -0.468 e. The summed E-state index contributed by atoms with van der Waals surface area (Å²) in [5.41, 5.74) is 1.53. The standard InChI is InChI=1S/C16H17ClN2O3/c1-22-15(20)10-18-9-14(12-4-6-13(17)7-5-12)19(16(18)21)8-11-2-3-11/h4-7,9,11H,2-3,8,10H2,1H3. The van der Waals surface area contributed by atoms with Crippen LogP contribution in [0.3, 0.4) is 0 Å². The Morgan fingerprint density at radius 2 is 2.00 bits per heavy atom. The molecule has 0 saturated heterocycles. The number of imidazole rings is 1. The van der Waals surface area contributed by atoms with Crippen LogP contribution in [0.2, 0.25) is 5.02 Å². The number of carbonyl (C=O) groups excluding carboxylic acids is 1. The number of carbonyl (C=O) groups is 1. The highest BCUT2D eigenvalue weighted by molar-refractivity contribution is 6.30. The van der Waals surface area contributed by atoms with Crippen molar-refractivity contribution in [3.05, 3.63) is 46.0 Å². The van der Waals surface area contributed by atoms with E-state index in [2.05, 4.69) is 4.74 Å². The fourth-order valence-corrected chi connectivity index (χ4v) is 2.56. The molecule has 1 aromatic carbocycles. The number of hydrogen-bond acceptors (Lipinski definition) is 3. The number of ether oxygens (including phenoxy) is 1. The van der Waals surface area contributed by atoms with Crippen molar-refractivity contribution in [2.45, 2.75) is 25.9 Å². The molecule has 1 aromatic heterocycles. The van der Waals surface area contributed by atoms with Crippen molar-refractivity contribution in [1.29, 1.82) is 0 Å². The van der Waals surface area contributed by atoms with Crippen molar-refractivity contribution in [3.8, 4) is 11.3 Å². The molecule has 5 nitrogen and oxygen atoms in total. The SMILES string of the molecule is COC(=O)Cn1cc(-c2ccc(Cl)cc2)n(CC2CC2)c1=O. The van der Waals surface area contributed by atoms with E-state index in [9.17, 15) is 9.59 Å². The number of benzene rings is 1. The molecule has 0 unspecified atom stereocenters. The summed E-state index contributed by atoms with van der Waals surface area (Å²) in [5.74, 6) is 0.117. The molecular formula is C16H17ClN2O3. The van der Waals surface area contributed by atoms with E-state index < -0.39 is 5.97 Å². The zero-order valence-electron chi connectivity index (χ0n) is 12.3. The summed E-state index contributed by atoms with van der Waals surface area (Å²) in [5, 5.41) is 0.647. The summed E-state index contributed by atoms with van der Waals surface area (Å²) in [6.45, 7) is 0.610. The summed E-state index contributed by atoms with van der Waals surface area (Å²) < 4.78 is 7.79. The van der Waals surface area contributed by atoms with Crippen LogP contribution in [-0.4, -0.2) is 22.2 Å². The molecule has 116 valence electrons. The van der Waals surface area contributed by atoms with Gasteiger partial charge in [-0.3, -0.25) is 13.9 Å². The van der Waals surface area contributed by atoms with Crippen molar-refractivity contribution in [3.63, 3.8) is 0 Å². The Labute approximate surface area is 133 Å². The number of esters is 1. The van der Waals surface area contributed by atoms with E-state index >= 15 is 0 Å². The van der Waals surface area contributed by atoms with Crippen LogP contribution < -0.4 is 5.69 Å². The zero-order valence-corrected chi connectivity index (χ0v) is 13.0. The first kappa shape index (κ1) is 14.9. The highest BCUT2D eigenvalue weighted by atomic mass is 35.5. The van der Waals surface area contributed by atoms with Gasteiger partial charge in [-0.2, -0.15) is 0 Å². The first-order valence-corrected chi connectivity index (χ1v) is 7.59. The normalized spacial score (nSPS) is 14.1. The van der Waals surface area contributed by atoms with Crippen LogP contribution in [0.5, 0.6) is 0 Å². The number of methoxy groups -OCH3 is 1. The lowest BCUT2D eigenvalue weighted by Gasteiger charge is -2.06. The molecule has 1 aliphatic rings. The lowest BCUT2D eigenvalue weighted by atomic mass is 10.1. The fraction of sp³-hybridized carbons (Fsp3) is 0.375. The monoisotopic (exact) mass is 320 g/mol. The van der Waals surface area contributed by atoms with E-state index in [1.54, 1.807) is 22.9 Å². The van der Waals surface area contributed by atoms with Crippen LogP contribution in [0.25, 0.3) is 11.3 Å². The van der Waals surface area contributed by atoms with Gasteiger partial charge < -0.3 is 4.74 Å². The zero-order chi connectivity index (χ0) is 15.7. The maximum Gasteiger partial charge on any atom is 0.329 e. The minimum atomic E-state index is -0.437. The third-order valence-corrected chi connectivity index (χ3v) is 4.10. The average molecular weight is 321 g/mol. The van der Waals surface area contributed by atoms with Gasteiger partial charge >= 0.3 is 11.7 Å². The summed E-state index contributed by atoms with van der Waals surface area (Å²) in [6.07, 6.45) is 4.01. The van der Waals surface area contributed by atoms with Gasteiger partial charge in [-0.05, 0) is 36.5 Å². The molecule has 1 saturated carbocycles. The van der Waals surface area contributed by atoms with E-state index in [0.29, 0.717) is 17.5 Å². The smallest absolute Gasteiger partial charge is 0.329 e. The number of halogens is 1. The van der Waals surface area contributed by atoms with E-state index in [1.165, 1.54) is 11.7 Å². The minimum absolute atomic E-state index is 0.0758. The number of aromatic nitrogens is 2. The third-order valence-electron chi connectivity index (χ3n) is 3.85. The molecule has 0 bridgehead atoms. The first-order valence-electron chi connectivity index (χ1n) is 7.21. The molecule has 6 heteroatoms.